The Bertz CT molecular complexity index is 1400. The summed E-state index contributed by atoms with van der Waals surface area (Å²) in [6.07, 6.45) is 2.75. The van der Waals surface area contributed by atoms with Crippen LogP contribution >= 0.6 is 0 Å². The number of pyridine rings is 1. The van der Waals surface area contributed by atoms with Crippen molar-refractivity contribution >= 4 is 32.5 Å². The molecule has 0 fully saturated rings. The first kappa shape index (κ1) is 19.7. The summed E-state index contributed by atoms with van der Waals surface area (Å²) in [4.78, 5) is 15.9. The van der Waals surface area contributed by atoms with Gasteiger partial charge in [-0.2, -0.15) is 5.10 Å². The number of nitrogens with one attached hydrogen (secondary N) is 2. The summed E-state index contributed by atoms with van der Waals surface area (Å²) >= 11 is 0. The number of benzene rings is 2. The maximum Gasteiger partial charge on any atom is 0.221 e. The number of sulfone groups is 1. The van der Waals surface area contributed by atoms with Gasteiger partial charge in [0.1, 0.15) is 5.82 Å². The van der Waals surface area contributed by atoms with E-state index in [4.69, 9.17) is 0 Å². The van der Waals surface area contributed by atoms with Crippen LogP contribution in [0.25, 0.3) is 33.4 Å². The molecule has 9 heteroatoms. The fourth-order valence-corrected chi connectivity index (χ4v) is 3.86. The van der Waals surface area contributed by atoms with Crippen molar-refractivity contribution in [3.63, 3.8) is 0 Å². The second-order valence-corrected chi connectivity index (χ2v) is 8.92. The van der Waals surface area contributed by atoms with Crippen LogP contribution in [0.15, 0.2) is 59.6 Å². The first-order valence-electron chi connectivity index (χ1n) is 8.94. The highest BCUT2D eigenvalue weighted by atomic mass is 32.2. The van der Waals surface area contributed by atoms with Crippen molar-refractivity contribution < 1.29 is 17.6 Å². The van der Waals surface area contributed by atoms with E-state index in [2.05, 4.69) is 20.5 Å². The van der Waals surface area contributed by atoms with Gasteiger partial charge in [-0.3, -0.25) is 9.89 Å². The number of carbonyl (C=O) groups excluding carboxylic acids is 1. The molecule has 0 saturated carbocycles. The number of H-pyrrole nitrogens is 1. The van der Waals surface area contributed by atoms with Gasteiger partial charge in [0.2, 0.25) is 5.91 Å². The highest BCUT2D eigenvalue weighted by molar-refractivity contribution is 7.90. The molecule has 7 nitrogen and oxygen atoms in total. The predicted molar refractivity (Wildman–Crippen MR) is 112 cm³/mol. The molecule has 30 heavy (non-hydrogen) atoms. The van der Waals surface area contributed by atoms with E-state index < -0.39 is 15.7 Å². The topological polar surface area (TPSA) is 105 Å². The summed E-state index contributed by atoms with van der Waals surface area (Å²) in [5.74, 6) is -0.820. The summed E-state index contributed by atoms with van der Waals surface area (Å²) < 4.78 is 37.9. The number of rotatable bonds is 4. The Morgan fingerprint density at radius 2 is 1.87 bits per heavy atom. The molecule has 2 aromatic carbocycles. The molecule has 0 aliphatic rings. The first-order valence-corrected chi connectivity index (χ1v) is 10.8. The number of amides is 1. The van der Waals surface area contributed by atoms with Gasteiger partial charge in [0.15, 0.2) is 15.5 Å². The maximum atomic E-state index is 14.1. The number of carbonyl (C=O) groups is 1. The minimum Gasteiger partial charge on any atom is -0.326 e. The van der Waals surface area contributed by atoms with Gasteiger partial charge in [-0.15, -0.1) is 0 Å². The molecule has 0 aliphatic heterocycles. The molecule has 2 heterocycles. The molecule has 0 radical (unpaired) electrons. The fraction of sp³-hybridized carbons (Fsp3) is 0.0952. The quantitative estimate of drug-likeness (QED) is 0.519. The van der Waals surface area contributed by atoms with Crippen molar-refractivity contribution in [2.24, 2.45) is 0 Å². The van der Waals surface area contributed by atoms with E-state index in [1.807, 2.05) is 6.07 Å². The van der Waals surface area contributed by atoms with Crippen LogP contribution in [0.1, 0.15) is 6.92 Å². The number of nitrogens with zero attached hydrogens (tertiary/aromatic N) is 2. The molecule has 0 unspecified atom stereocenters. The monoisotopic (exact) mass is 424 g/mol. The van der Waals surface area contributed by atoms with Gasteiger partial charge in [-0.1, -0.05) is 12.1 Å². The van der Waals surface area contributed by atoms with E-state index in [0.29, 0.717) is 39.1 Å². The van der Waals surface area contributed by atoms with E-state index in [1.54, 1.807) is 30.5 Å². The lowest BCUT2D eigenvalue weighted by Gasteiger charge is -2.07. The van der Waals surface area contributed by atoms with Crippen molar-refractivity contribution in [3.05, 3.63) is 60.5 Å². The Kier molecular flexibility index (Phi) is 4.83. The number of hydrogen-bond acceptors (Lipinski definition) is 5. The average molecular weight is 424 g/mol. The van der Waals surface area contributed by atoms with Crippen LogP contribution in [-0.4, -0.2) is 35.8 Å². The smallest absolute Gasteiger partial charge is 0.221 e. The summed E-state index contributed by atoms with van der Waals surface area (Å²) in [6.45, 7) is 1.34. The highest BCUT2D eigenvalue weighted by Gasteiger charge is 2.14. The van der Waals surface area contributed by atoms with Crippen LogP contribution < -0.4 is 5.32 Å². The Hall–Kier alpha value is -3.59. The number of anilines is 1. The van der Waals surface area contributed by atoms with Crippen LogP contribution in [0.2, 0.25) is 0 Å². The van der Waals surface area contributed by atoms with Gasteiger partial charge in [0.05, 0.1) is 10.6 Å². The summed E-state index contributed by atoms with van der Waals surface area (Å²) in [5.41, 5.74) is 3.14. The van der Waals surface area contributed by atoms with Crippen molar-refractivity contribution in [3.8, 4) is 22.4 Å². The Morgan fingerprint density at radius 3 is 2.60 bits per heavy atom. The summed E-state index contributed by atoms with van der Waals surface area (Å²) in [7, 11) is -3.35. The standard InChI is InChI=1S/C21H17FN4O3S/c1-12(27)24-17-7-14(6-16(22)10-17)20-19-9-15(11-23-21(19)26-25-20)13-4-3-5-18(8-13)30(2,28)29/h3-11H,1-2H3,(H,24,27)(H,23,25,26). The van der Waals surface area contributed by atoms with Crippen molar-refractivity contribution in [2.75, 3.05) is 11.6 Å². The molecule has 4 rings (SSSR count). The van der Waals surface area contributed by atoms with Gasteiger partial charge < -0.3 is 5.32 Å². The largest absolute Gasteiger partial charge is 0.326 e. The van der Waals surface area contributed by atoms with E-state index >= 15 is 0 Å². The molecule has 152 valence electrons. The number of aromatic amines is 1. The Balaban J connectivity index is 1.84. The molecule has 2 N–H and O–H groups in total. The molecule has 0 spiro atoms. The lowest BCUT2D eigenvalue weighted by molar-refractivity contribution is -0.114. The van der Waals surface area contributed by atoms with Crippen LogP contribution in [0.3, 0.4) is 0 Å². The van der Waals surface area contributed by atoms with E-state index in [1.165, 1.54) is 25.1 Å². The van der Waals surface area contributed by atoms with Gasteiger partial charge in [-0.25, -0.2) is 17.8 Å². The second kappa shape index (κ2) is 7.34. The minimum atomic E-state index is -3.35. The van der Waals surface area contributed by atoms with Gasteiger partial charge in [-0.05, 0) is 42.0 Å². The van der Waals surface area contributed by atoms with Gasteiger partial charge in [0, 0.05) is 41.6 Å². The van der Waals surface area contributed by atoms with E-state index in [-0.39, 0.29) is 10.8 Å². The van der Waals surface area contributed by atoms with Crippen molar-refractivity contribution in [2.45, 2.75) is 11.8 Å². The van der Waals surface area contributed by atoms with Crippen LogP contribution in [0.5, 0.6) is 0 Å². The highest BCUT2D eigenvalue weighted by Crippen LogP contribution is 2.31. The van der Waals surface area contributed by atoms with Crippen molar-refractivity contribution in [1.29, 1.82) is 0 Å². The third-order valence-electron chi connectivity index (χ3n) is 4.51. The lowest BCUT2D eigenvalue weighted by atomic mass is 10.0. The number of aromatic nitrogens is 3. The van der Waals surface area contributed by atoms with Gasteiger partial charge >= 0.3 is 0 Å². The lowest BCUT2D eigenvalue weighted by Crippen LogP contribution is -2.06. The maximum absolute atomic E-state index is 14.1. The zero-order valence-electron chi connectivity index (χ0n) is 16.1. The Labute approximate surface area is 171 Å². The average Bonchev–Trinajstić information content (AvgIpc) is 3.09. The SMILES string of the molecule is CC(=O)Nc1cc(F)cc(-c2[nH]nc3ncc(-c4cccc(S(C)(=O)=O)c4)cc23)c1. The van der Waals surface area contributed by atoms with Crippen LogP contribution in [0.4, 0.5) is 10.1 Å². The fourth-order valence-electron chi connectivity index (χ4n) is 3.19. The van der Waals surface area contributed by atoms with Crippen LogP contribution in [-0.2, 0) is 14.6 Å². The molecular formula is C21H17FN4O3S. The number of fused-ring (bicyclic) bond motifs is 1. The molecule has 0 atom stereocenters. The summed E-state index contributed by atoms with van der Waals surface area (Å²) in [5, 5.41) is 10.2. The van der Waals surface area contributed by atoms with E-state index in [9.17, 15) is 17.6 Å². The van der Waals surface area contributed by atoms with Gasteiger partial charge in [0.25, 0.3) is 0 Å². The number of hydrogen-bond donors (Lipinski definition) is 2. The Morgan fingerprint density at radius 1 is 1.07 bits per heavy atom. The summed E-state index contributed by atoms with van der Waals surface area (Å²) in [6, 6.07) is 12.6. The molecule has 2 aromatic heterocycles. The molecule has 4 aromatic rings. The van der Waals surface area contributed by atoms with Crippen LogP contribution in [0, 0.1) is 5.82 Å². The molecular weight excluding hydrogens is 407 g/mol. The predicted octanol–water partition coefficient (Wildman–Crippen LogP) is 3.79. The zero-order valence-corrected chi connectivity index (χ0v) is 16.9. The van der Waals surface area contributed by atoms with E-state index in [0.717, 1.165) is 6.26 Å². The molecule has 0 saturated heterocycles. The third kappa shape index (κ3) is 3.92. The minimum absolute atomic E-state index is 0.206. The molecule has 0 aliphatic carbocycles. The molecule has 0 bridgehead atoms. The second-order valence-electron chi connectivity index (χ2n) is 6.90. The molecule has 1 amide bonds. The normalized spacial score (nSPS) is 11.6. The van der Waals surface area contributed by atoms with Crippen molar-refractivity contribution in [1.82, 2.24) is 15.2 Å². The third-order valence-corrected chi connectivity index (χ3v) is 5.62. The first-order chi connectivity index (χ1) is 14.2. The number of halogens is 1. The zero-order chi connectivity index (χ0) is 21.5.